The van der Waals surface area contributed by atoms with Gasteiger partial charge in [-0.25, -0.2) is 0 Å². The summed E-state index contributed by atoms with van der Waals surface area (Å²) in [6, 6.07) is 0. The van der Waals surface area contributed by atoms with Crippen LogP contribution in [0.5, 0.6) is 0 Å². The summed E-state index contributed by atoms with van der Waals surface area (Å²) in [5.41, 5.74) is 0. The highest BCUT2D eigenvalue weighted by molar-refractivity contribution is 8.24. The van der Waals surface area contributed by atoms with Crippen molar-refractivity contribution in [1.82, 2.24) is 5.32 Å². The predicted octanol–water partition coefficient (Wildman–Crippen LogP) is 0.225. The molecule has 4 nitrogen and oxygen atoms in total. The molecule has 1 rings (SSSR count). The third kappa shape index (κ3) is 7.27. The van der Waals surface area contributed by atoms with Crippen LogP contribution in [0.1, 0.15) is 6.92 Å². The van der Waals surface area contributed by atoms with E-state index in [0.29, 0.717) is 10.1 Å². The number of carbonyl (C=O) groups excluding carboxylic acids is 1. The maximum atomic E-state index is 10.2. The Labute approximate surface area is 73.3 Å². The van der Waals surface area contributed by atoms with Gasteiger partial charge in [-0.3, -0.25) is 9.59 Å². The van der Waals surface area contributed by atoms with E-state index in [2.05, 4.69) is 17.5 Å². The zero-order valence-electron chi connectivity index (χ0n) is 5.79. The lowest BCUT2D eigenvalue weighted by Gasteiger charge is -1.81. The van der Waals surface area contributed by atoms with E-state index in [9.17, 15) is 4.79 Å². The van der Waals surface area contributed by atoms with E-state index in [-0.39, 0.29) is 5.91 Å². The summed E-state index contributed by atoms with van der Waals surface area (Å²) in [6.07, 6.45) is 0. The average molecular weight is 193 g/mol. The van der Waals surface area contributed by atoms with Crippen molar-refractivity contribution in [2.24, 2.45) is 0 Å². The summed E-state index contributed by atoms with van der Waals surface area (Å²) < 4.78 is 0.602. The molecule has 0 bridgehead atoms. The van der Waals surface area contributed by atoms with Gasteiger partial charge in [-0.2, -0.15) is 0 Å². The van der Waals surface area contributed by atoms with Gasteiger partial charge in [-0.1, -0.05) is 24.0 Å². The number of carboxylic acid groups (broad SMARTS) is 1. The number of amides is 1. The Morgan fingerprint density at radius 3 is 2.36 bits per heavy atom. The second-order valence-corrected chi connectivity index (χ2v) is 3.30. The Morgan fingerprint density at radius 2 is 2.27 bits per heavy atom. The normalized spacial score (nSPS) is 15.0. The summed E-state index contributed by atoms with van der Waals surface area (Å²) in [4.78, 5) is 19.2. The van der Waals surface area contributed by atoms with Crippen molar-refractivity contribution in [3.05, 3.63) is 0 Å². The van der Waals surface area contributed by atoms with Crippen molar-refractivity contribution in [1.29, 1.82) is 0 Å². The van der Waals surface area contributed by atoms with Crippen LogP contribution >= 0.6 is 24.0 Å². The quantitative estimate of drug-likeness (QED) is 0.539. The molecule has 1 aliphatic rings. The van der Waals surface area contributed by atoms with E-state index in [4.69, 9.17) is 9.90 Å². The molecule has 2 N–H and O–H groups in total. The van der Waals surface area contributed by atoms with Crippen LogP contribution in [0, 0.1) is 0 Å². The van der Waals surface area contributed by atoms with Crippen LogP contribution < -0.4 is 5.32 Å². The number of thioether (sulfide) groups is 1. The first-order chi connectivity index (χ1) is 5.02. The van der Waals surface area contributed by atoms with E-state index >= 15 is 0 Å². The second-order valence-electron chi connectivity index (χ2n) is 1.64. The van der Waals surface area contributed by atoms with Crippen molar-refractivity contribution in [2.45, 2.75) is 6.92 Å². The molecule has 0 unspecified atom stereocenters. The fourth-order valence-corrected chi connectivity index (χ4v) is 1.13. The van der Waals surface area contributed by atoms with Gasteiger partial charge in [-0.15, -0.1) is 0 Å². The first-order valence-electron chi connectivity index (χ1n) is 2.68. The van der Waals surface area contributed by atoms with Gasteiger partial charge in [0.1, 0.15) is 4.32 Å². The highest BCUT2D eigenvalue weighted by atomic mass is 32.2. The molecule has 1 fully saturated rings. The molecule has 0 aromatic rings. The number of carbonyl (C=O) groups is 2. The molecule has 6 heteroatoms. The lowest BCUT2D eigenvalue weighted by molar-refractivity contribution is -0.134. The fraction of sp³-hybridized carbons (Fsp3) is 0.400. The summed E-state index contributed by atoms with van der Waals surface area (Å²) in [5.74, 6) is -0.311. The van der Waals surface area contributed by atoms with E-state index < -0.39 is 5.97 Å². The molecule has 1 amide bonds. The monoisotopic (exact) mass is 193 g/mol. The van der Waals surface area contributed by atoms with E-state index in [1.54, 1.807) is 0 Å². The third-order valence-corrected chi connectivity index (χ3v) is 1.80. The molecule has 0 aliphatic carbocycles. The van der Waals surface area contributed by atoms with Gasteiger partial charge in [-0.05, 0) is 0 Å². The molecule has 0 spiro atoms. The van der Waals surface area contributed by atoms with E-state index in [0.717, 1.165) is 6.92 Å². The minimum Gasteiger partial charge on any atom is -0.481 e. The van der Waals surface area contributed by atoms with Crippen molar-refractivity contribution in [3.8, 4) is 0 Å². The highest BCUT2D eigenvalue weighted by Crippen LogP contribution is 2.06. The van der Waals surface area contributed by atoms with Crippen molar-refractivity contribution >= 4 is 40.2 Å². The molecule has 0 atom stereocenters. The van der Waals surface area contributed by atoms with Gasteiger partial charge >= 0.3 is 0 Å². The number of hydrogen-bond donors (Lipinski definition) is 2. The van der Waals surface area contributed by atoms with Crippen LogP contribution in [-0.2, 0) is 9.59 Å². The van der Waals surface area contributed by atoms with Gasteiger partial charge in [0, 0.05) is 6.92 Å². The summed E-state index contributed by atoms with van der Waals surface area (Å²) in [6.45, 7) is 1.08. The van der Waals surface area contributed by atoms with Gasteiger partial charge in [0.05, 0.1) is 5.75 Å². The number of rotatable bonds is 0. The fourth-order valence-electron chi connectivity index (χ4n) is 0.317. The summed E-state index contributed by atoms with van der Waals surface area (Å²) in [7, 11) is 0. The third-order valence-electron chi connectivity index (χ3n) is 0.576. The van der Waals surface area contributed by atoms with Crippen LogP contribution in [0.4, 0.5) is 0 Å². The minimum atomic E-state index is -0.833. The van der Waals surface area contributed by atoms with Crippen molar-refractivity contribution in [3.63, 3.8) is 0 Å². The van der Waals surface area contributed by atoms with Gasteiger partial charge < -0.3 is 10.4 Å². The lowest BCUT2D eigenvalue weighted by atomic mass is 10.7. The average Bonchev–Trinajstić information content (AvgIpc) is 2.13. The van der Waals surface area contributed by atoms with Crippen LogP contribution in [0.3, 0.4) is 0 Å². The standard InChI is InChI=1S/C3H3NOS2.C2H4O2/c5-2-1-7-3(6)4-2;1-2(3)4/h1H2,(H,4,5,6);1H3,(H,3,4). The predicted molar refractivity (Wildman–Crippen MR) is 46.5 cm³/mol. The molecule has 0 radical (unpaired) electrons. The molecule has 1 saturated heterocycles. The molecule has 62 valence electrons. The van der Waals surface area contributed by atoms with Gasteiger partial charge in [0.2, 0.25) is 5.91 Å². The number of hydrogen-bond acceptors (Lipinski definition) is 4. The summed E-state index contributed by atoms with van der Waals surface area (Å²) >= 11 is 6.00. The minimum absolute atomic E-state index is 0.0231. The lowest BCUT2D eigenvalue weighted by Crippen LogP contribution is -2.18. The van der Waals surface area contributed by atoms with E-state index in [1.807, 2.05) is 0 Å². The molecular weight excluding hydrogens is 186 g/mol. The Hall–Kier alpha value is -0.620. The Bertz CT molecular complexity index is 174. The van der Waals surface area contributed by atoms with Crippen molar-refractivity contribution < 1.29 is 14.7 Å². The molecule has 1 aliphatic heterocycles. The van der Waals surface area contributed by atoms with Crippen LogP contribution in [0.25, 0.3) is 0 Å². The number of thiocarbonyl (C=S) groups is 1. The molecular formula is C5H7NO3S2. The Kier molecular flexibility index (Phi) is 4.80. The largest absolute Gasteiger partial charge is 0.481 e. The maximum absolute atomic E-state index is 10.2. The smallest absolute Gasteiger partial charge is 0.300 e. The zero-order chi connectivity index (χ0) is 8.85. The number of nitrogens with one attached hydrogen (secondary N) is 1. The number of carboxylic acids is 1. The van der Waals surface area contributed by atoms with E-state index in [1.165, 1.54) is 11.8 Å². The maximum Gasteiger partial charge on any atom is 0.300 e. The molecule has 0 aromatic heterocycles. The molecule has 1 heterocycles. The second kappa shape index (κ2) is 5.09. The summed E-state index contributed by atoms with van der Waals surface area (Å²) in [5, 5.41) is 9.89. The molecule has 11 heavy (non-hydrogen) atoms. The van der Waals surface area contributed by atoms with Crippen LogP contribution in [0.2, 0.25) is 0 Å². The Morgan fingerprint density at radius 1 is 1.82 bits per heavy atom. The first kappa shape index (κ1) is 10.4. The topological polar surface area (TPSA) is 66.4 Å². The molecule has 0 saturated carbocycles. The Balaban J connectivity index is 0.000000218. The van der Waals surface area contributed by atoms with Crippen LogP contribution in [-0.4, -0.2) is 27.1 Å². The highest BCUT2D eigenvalue weighted by Gasteiger charge is 2.13. The van der Waals surface area contributed by atoms with Crippen LogP contribution in [0.15, 0.2) is 0 Å². The SMILES string of the molecule is CC(=O)O.O=C1CSC(=S)N1. The number of aliphatic carboxylic acids is 1. The van der Waals surface area contributed by atoms with Gasteiger partial charge in [0.25, 0.3) is 5.97 Å². The first-order valence-corrected chi connectivity index (χ1v) is 4.08. The van der Waals surface area contributed by atoms with Gasteiger partial charge in [0.15, 0.2) is 0 Å². The zero-order valence-corrected chi connectivity index (χ0v) is 7.42. The van der Waals surface area contributed by atoms with Crippen molar-refractivity contribution in [2.75, 3.05) is 5.75 Å². The molecule has 0 aromatic carbocycles.